The summed E-state index contributed by atoms with van der Waals surface area (Å²) in [6.07, 6.45) is 0. The summed E-state index contributed by atoms with van der Waals surface area (Å²) >= 11 is 0. The third-order valence-electron chi connectivity index (χ3n) is 5.78. The van der Waals surface area contributed by atoms with E-state index in [1.54, 1.807) is 0 Å². The molecule has 0 amide bonds. The van der Waals surface area contributed by atoms with Gasteiger partial charge in [0.1, 0.15) is 18.9 Å². The van der Waals surface area contributed by atoms with Gasteiger partial charge < -0.3 is 33.2 Å². The van der Waals surface area contributed by atoms with E-state index < -0.39 is 0 Å². The molecule has 0 aliphatic rings. The van der Waals surface area contributed by atoms with E-state index in [4.69, 9.17) is 4.74 Å². The second-order valence-electron chi connectivity index (χ2n) is 6.95. The van der Waals surface area contributed by atoms with Crippen molar-refractivity contribution < 1.29 is 33.2 Å². The first-order chi connectivity index (χ1) is 12.7. The lowest BCUT2D eigenvalue weighted by Crippen LogP contribution is -3.00. The molecule has 2 nitrogen and oxygen atoms in total. The molecule has 0 aromatic heterocycles. The zero-order chi connectivity index (χ0) is 18.4. The van der Waals surface area contributed by atoms with Crippen LogP contribution >= 0.6 is 0 Å². The summed E-state index contributed by atoms with van der Waals surface area (Å²) < 4.78 is 7.13. The van der Waals surface area contributed by atoms with Crippen molar-refractivity contribution in [1.29, 1.82) is 0 Å². The number of fused-ring (bicyclic) bond motifs is 1. The van der Waals surface area contributed by atoms with Gasteiger partial charge in [-0.1, -0.05) is 48.5 Å². The van der Waals surface area contributed by atoms with Crippen molar-refractivity contribution in [2.24, 2.45) is 0 Å². The van der Waals surface area contributed by atoms with Gasteiger partial charge in [-0.2, -0.15) is 0 Å². The largest absolute Gasteiger partial charge is 1.00 e. The third kappa shape index (κ3) is 5.23. The summed E-state index contributed by atoms with van der Waals surface area (Å²) in [5.74, 6) is 0.955. The molecule has 0 bridgehead atoms. The highest BCUT2D eigenvalue weighted by molar-refractivity contribution is 5.87. The Balaban J connectivity index is 0.00000261. The fraction of sp³-hybridized carbons (Fsp3) is 0.333. The molecule has 3 heteroatoms. The van der Waals surface area contributed by atoms with E-state index in [0.717, 1.165) is 43.0 Å². The van der Waals surface area contributed by atoms with E-state index in [1.165, 1.54) is 21.9 Å². The molecule has 0 heterocycles. The molecule has 0 N–H and O–H groups in total. The third-order valence-corrected chi connectivity index (χ3v) is 5.78. The van der Waals surface area contributed by atoms with E-state index in [0.29, 0.717) is 0 Å². The van der Waals surface area contributed by atoms with Crippen molar-refractivity contribution in [3.05, 3.63) is 66.7 Å². The van der Waals surface area contributed by atoms with Gasteiger partial charge >= 0.3 is 0 Å². The van der Waals surface area contributed by atoms with E-state index in [9.17, 15) is 0 Å². The van der Waals surface area contributed by atoms with Gasteiger partial charge in [0.2, 0.25) is 0 Å². The minimum absolute atomic E-state index is 0. The van der Waals surface area contributed by atoms with Gasteiger partial charge in [0.25, 0.3) is 0 Å². The number of quaternary nitrogens is 1. The molecule has 0 unspecified atom stereocenters. The first-order valence-corrected chi connectivity index (χ1v) is 9.77. The Hall–Kier alpha value is -1.59. The van der Waals surface area contributed by atoms with Gasteiger partial charge in [0.15, 0.2) is 0 Å². The molecule has 0 fully saturated rings. The second-order valence-corrected chi connectivity index (χ2v) is 6.95. The lowest BCUT2D eigenvalue weighted by atomic mass is 10.0. The Morgan fingerprint density at radius 3 is 1.93 bits per heavy atom. The minimum atomic E-state index is 0. The molecule has 0 saturated heterocycles. The van der Waals surface area contributed by atoms with Crippen molar-refractivity contribution in [3.8, 4) is 16.9 Å². The highest BCUT2D eigenvalue weighted by Crippen LogP contribution is 2.26. The highest BCUT2D eigenvalue weighted by Gasteiger charge is 2.20. The standard InChI is InChI=1S/C24H30NO.HI/c1-4-25(5-2,6-3)17-18-26-24-15-13-21(14-16-24)23-12-11-20-9-7-8-10-22(20)19-23;/h7-16,19H,4-6,17-18H2,1-3H3;1H/q+1;/p-1. The fourth-order valence-electron chi connectivity index (χ4n) is 3.61. The maximum Gasteiger partial charge on any atom is 0.137 e. The van der Waals surface area contributed by atoms with Crippen LogP contribution in [-0.2, 0) is 0 Å². The fourth-order valence-corrected chi connectivity index (χ4v) is 3.61. The first kappa shape index (κ1) is 21.7. The van der Waals surface area contributed by atoms with E-state index in [-0.39, 0.29) is 24.0 Å². The maximum absolute atomic E-state index is 6.01. The summed E-state index contributed by atoms with van der Waals surface area (Å²) in [5, 5.41) is 2.55. The molecule has 3 rings (SSSR count). The Labute approximate surface area is 180 Å². The molecule has 3 aromatic carbocycles. The van der Waals surface area contributed by atoms with Crippen molar-refractivity contribution in [2.45, 2.75) is 20.8 Å². The average Bonchev–Trinajstić information content (AvgIpc) is 2.72. The Kier molecular flexibility index (Phi) is 8.11. The van der Waals surface area contributed by atoms with Crippen LogP contribution in [0.3, 0.4) is 0 Å². The monoisotopic (exact) mass is 475 g/mol. The molecule has 144 valence electrons. The number of nitrogens with zero attached hydrogens (tertiary/aromatic N) is 1. The molecular formula is C24H30INO. The number of ether oxygens (including phenoxy) is 1. The van der Waals surface area contributed by atoms with Crippen LogP contribution in [0.2, 0.25) is 0 Å². The molecule has 0 aliphatic heterocycles. The first-order valence-electron chi connectivity index (χ1n) is 9.77. The van der Waals surface area contributed by atoms with Crippen LogP contribution in [0.25, 0.3) is 21.9 Å². The second kappa shape index (κ2) is 10.1. The molecular weight excluding hydrogens is 445 g/mol. The van der Waals surface area contributed by atoms with Gasteiger partial charge in [-0.3, -0.25) is 0 Å². The van der Waals surface area contributed by atoms with Gasteiger partial charge in [-0.15, -0.1) is 0 Å². The van der Waals surface area contributed by atoms with Crippen molar-refractivity contribution in [3.63, 3.8) is 0 Å². The predicted molar refractivity (Wildman–Crippen MR) is 112 cm³/mol. The molecule has 0 atom stereocenters. The number of halogens is 1. The molecule has 27 heavy (non-hydrogen) atoms. The molecule has 0 aliphatic carbocycles. The van der Waals surface area contributed by atoms with Crippen LogP contribution in [0.4, 0.5) is 0 Å². The lowest BCUT2D eigenvalue weighted by Gasteiger charge is -2.35. The van der Waals surface area contributed by atoms with Crippen molar-refractivity contribution in [1.82, 2.24) is 0 Å². The van der Waals surface area contributed by atoms with Gasteiger partial charge in [-0.25, -0.2) is 0 Å². The van der Waals surface area contributed by atoms with Crippen LogP contribution in [0, 0.1) is 0 Å². The molecule has 3 aromatic rings. The molecule has 0 radical (unpaired) electrons. The number of rotatable bonds is 8. The SMILES string of the molecule is CC[N+](CC)(CC)CCOc1ccc(-c2ccc3ccccc3c2)cc1.[I-]. The minimum Gasteiger partial charge on any atom is -1.00 e. The van der Waals surface area contributed by atoms with Crippen molar-refractivity contribution in [2.75, 3.05) is 32.8 Å². The Morgan fingerprint density at radius 2 is 1.30 bits per heavy atom. The number of hydrogen-bond acceptors (Lipinski definition) is 1. The Morgan fingerprint density at radius 1 is 0.704 bits per heavy atom. The van der Waals surface area contributed by atoms with Crippen LogP contribution in [-0.4, -0.2) is 37.3 Å². The summed E-state index contributed by atoms with van der Waals surface area (Å²) in [7, 11) is 0. The summed E-state index contributed by atoms with van der Waals surface area (Å²) in [5.41, 5.74) is 2.47. The van der Waals surface area contributed by atoms with E-state index >= 15 is 0 Å². The van der Waals surface area contributed by atoms with Gasteiger partial charge in [-0.05, 0) is 60.9 Å². The average molecular weight is 475 g/mol. The summed E-state index contributed by atoms with van der Waals surface area (Å²) in [4.78, 5) is 0. The normalized spacial score (nSPS) is 11.2. The van der Waals surface area contributed by atoms with Gasteiger partial charge in [0.05, 0.1) is 19.6 Å². The van der Waals surface area contributed by atoms with Crippen LogP contribution in [0.1, 0.15) is 20.8 Å². The number of likely N-dealkylation sites (N-methyl/N-ethyl adjacent to an activating group) is 1. The number of hydrogen-bond donors (Lipinski definition) is 0. The van der Waals surface area contributed by atoms with Crippen LogP contribution in [0.15, 0.2) is 66.7 Å². The zero-order valence-electron chi connectivity index (χ0n) is 16.6. The van der Waals surface area contributed by atoms with Gasteiger partial charge in [0, 0.05) is 0 Å². The van der Waals surface area contributed by atoms with E-state index in [2.05, 4.69) is 87.5 Å². The zero-order valence-corrected chi connectivity index (χ0v) is 18.8. The van der Waals surface area contributed by atoms with Crippen molar-refractivity contribution >= 4 is 10.8 Å². The van der Waals surface area contributed by atoms with E-state index in [1.807, 2.05) is 0 Å². The summed E-state index contributed by atoms with van der Waals surface area (Å²) in [6.45, 7) is 12.1. The molecule has 0 saturated carbocycles. The molecule has 0 spiro atoms. The van der Waals surface area contributed by atoms with Crippen LogP contribution < -0.4 is 28.7 Å². The number of benzene rings is 3. The Bertz CT molecular complexity index is 832. The smallest absolute Gasteiger partial charge is 0.137 e. The summed E-state index contributed by atoms with van der Waals surface area (Å²) in [6, 6.07) is 23.6. The maximum atomic E-state index is 6.01. The van der Waals surface area contributed by atoms with Crippen LogP contribution in [0.5, 0.6) is 5.75 Å². The topological polar surface area (TPSA) is 9.23 Å². The highest BCUT2D eigenvalue weighted by atomic mass is 127. The lowest BCUT2D eigenvalue weighted by molar-refractivity contribution is -0.923. The quantitative estimate of drug-likeness (QED) is 0.360. The predicted octanol–water partition coefficient (Wildman–Crippen LogP) is 2.77.